The highest BCUT2D eigenvalue weighted by Gasteiger charge is 2.18. The van der Waals surface area contributed by atoms with Crippen molar-refractivity contribution in [1.82, 2.24) is 4.98 Å². The summed E-state index contributed by atoms with van der Waals surface area (Å²) in [4.78, 5) is 3.94. The number of nitrogens with two attached hydrogens (primary N) is 1. The number of rotatable bonds is 3. The molecule has 78 valence electrons. The number of hydrogen-bond acceptors (Lipinski definition) is 3. The van der Waals surface area contributed by atoms with Crippen molar-refractivity contribution in [3.05, 3.63) is 21.9 Å². The van der Waals surface area contributed by atoms with Crippen LogP contribution in [0.5, 0.6) is 5.75 Å². The van der Waals surface area contributed by atoms with Gasteiger partial charge in [-0.3, -0.25) is 0 Å². The molecule has 0 aliphatic heterocycles. The third-order valence-electron chi connectivity index (χ3n) is 1.67. The lowest BCUT2D eigenvalue weighted by Crippen LogP contribution is -2.06. The predicted molar refractivity (Wildman–Crippen MR) is 51.3 cm³/mol. The Balaban J connectivity index is 3.31. The average Bonchev–Trinajstić information content (AvgIpc) is 2.16. The molecule has 14 heavy (non-hydrogen) atoms. The number of nitrogens with zero attached hydrogens (tertiary/aromatic N) is 1. The SMILES string of the molecule is COc1c(C(F)F)cc(Br)nc1CN. The van der Waals surface area contributed by atoms with Gasteiger partial charge in [0.1, 0.15) is 4.60 Å². The predicted octanol–water partition coefficient (Wildman–Crippen LogP) is 2.25. The Hall–Kier alpha value is -0.750. The molecule has 0 spiro atoms. The van der Waals surface area contributed by atoms with E-state index in [1.807, 2.05) is 0 Å². The van der Waals surface area contributed by atoms with Crippen molar-refractivity contribution in [2.24, 2.45) is 5.73 Å². The van der Waals surface area contributed by atoms with Crippen molar-refractivity contribution in [3.63, 3.8) is 0 Å². The summed E-state index contributed by atoms with van der Waals surface area (Å²) >= 11 is 3.03. The fourth-order valence-electron chi connectivity index (χ4n) is 1.11. The maximum Gasteiger partial charge on any atom is 0.267 e. The molecule has 2 N–H and O–H groups in total. The number of pyridine rings is 1. The van der Waals surface area contributed by atoms with E-state index in [9.17, 15) is 8.78 Å². The Morgan fingerprint density at radius 2 is 2.29 bits per heavy atom. The Kier molecular flexibility index (Phi) is 3.77. The minimum Gasteiger partial charge on any atom is -0.494 e. The molecule has 0 radical (unpaired) electrons. The molecule has 0 saturated carbocycles. The number of aromatic nitrogens is 1. The van der Waals surface area contributed by atoms with Crippen LogP contribution in [0.15, 0.2) is 10.7 Å². The lowest BCUT2D eigenvalue weighted by atomic mass is 10.2. The van der Waals surface area contributed by atoms with Gasteiger partial charge in [0.25, 0.3) is 6.43 Å². The van der Waals surface area contributed by atoms with E-state index in [4.69, 9.17) is 10.5 Å². The van der Waals surface area contributed by atoms with E-state index in [0.29, 0.717) is 10.3 Å². The lowest BCUT2D eigenvalue weighted by Gasteiger charge is -2.11. The maximum atomic E-state index is 12.5. The van der Waals surface area contributed by atoms with Gasteiger partial charge < -0.3 is 10.5 Å². The Morgan fingerprint density at radius 3 is 2.71 bits per heavy atom. The highest BCUT2D eigenvalue weighted by molar-refractivity contribution is 9.10. The normalized spacial score (nSPS) is 10.7. The number of halogens is 3. The first-order chi connectivity index (χ1) is 6.60. The second-order valence-corrected chi connectivity index (χ2v) is 3.33. The van der Waals surface area contributed by atoms with Gasteiger partial charge in [-0.1, -0.05) is 0 Å². The van der Waals surface area contributed by atoms with Crippen LogP contribution >= 0.6 is 15.9 Å². The van der Waals surface area contributed by atoms with Gasteiger partial charge in [0.05, 0.1) is 18.4 Å². The molecule has 0 aliphatic rings. The number of alkyl halides is 2. The highest BCUT2D eigenvalue weighted by Crippen LogP contribution is 2.32. The Labute approximate surface area is 88.4 Å². The van der Waals surface area contributed by atoms with Gasteiger partial charge in [-0.15, -0.1) is 0 Å². The van der Waals surface area contributed by atoms with Crippen LogP contribution in [0, 0.1) is 0 Å². The molecule has 3 nitrogen and oxygen atoms in total. The second kappa shape index (κ2) is 4.65. The highest BCUT2D eigenvalue weighted by atomic mass is 79.9. The summed E-state index contributed by atoms with van der Waals surface area (Å²) < 4.78 is 30.3. The number of ether oxygens (including phenoxy) is 1. The monoisotopic (exact) mass is 266 g/mol. The average molecular weight is 267 g/mol. The Bertz CT molecular complexity index is 333. The fourth-order valence-corrected chi connectivity index (χ4v) is 1.57. The van der Waals surface area contributed by atoms with Gasteiger partial charge in [0, 0.05) is 6.54 Å². The second-order valence-electron chi connectivity index (χ2n) is 2.52. The van der Waals surface area contributed by atoms with E-state index in [-0.39, 0.29) is 17.9 Å². The van der Waals surface area contributed by atoms with E-state index >= 15 is 0 Å². The Morgan fingerprint density at radius 1 is 1.64 bits per heavy atom. The van der Waals surface area contributed by atoms with E-state index in [0.717, 1.165) is 0 Å². The van der Waals surface area contributed by atoms with Crippen LogP contribution in [0.2, 0.25) is 0 Å². The molecule has 0 fully saturated rings. The molecule has 0 aliphatic carbocycles. The number of hydrogen-bond donors (Lipinski definition) is 1. The standard InChI is InChI=1S/C8H9BrF2N2O/c1-14-7-4(8(10)11)2-6(9)13-5(7)3-12/h2,8H,3,12H2,1H3. The number of methoxy groups -OCH3 is 1. The largest absolute Gasteiger partial charge is 0.494 e. The van der Waals surface area contributed by atoms with Gasteiger partial charge in [0.15, 0.2) is 5.75 Å². The van der Waals surface area contributed by atoms with E-state index in [2.05, 4.69) is 20.9 Å². The minimum absolute atomic E-state index is 0.0579. The smallest absolute Gasteiger partial charge is 0.267 e. The molecule has 6 heteroatoms. The van der Waals surface area contributed by atoms with Gasteiger partial charge in [-0.2, -0.15) is 0 Å². The summed E-state index contributed by atoms with van der Waals surface area (Å²) in [6.45, 7) is 0.0579. The summed E-state index contributed by atoms with van der Waals surface area (Å²) in [6, 6.07) is 1.22. The van der Waals surface area contributed by atoms with Crippen LogP contribution in [-0.4, -0.2) is 12.1 Å². The fraction of sp³-hybridized carbons (Fsp3) is 0.375. The van der Waals surface area contributed by atoms with Gasteiger partial charge >= 0.3 is 0 Å². The minimum atomic E-state index is -2.60. The summed E-state index contributed by atoms with van der Waals surface area (Å²) in [5.41, 5.74) is 5.47. The molecule has 1 heterocycles. The molecule has 0 aromatic carbocycles. The van der Waals surface area contributed by atoms with Crippen LogP contribution in [0.3, 0.4) is 0 Å². The molecule has 1 aromatic heterocycles. The lowest BCUT2D eigenvalue weighted by molar-refractivity contribution is 0.146. The summed E-state index contributed by atoms with van der Waals surface area (Å²) in [7, 11) is 1.32. The van der Waals surface area contributed by atoms with Crippen LogP contribution < -0.4 is 10.5 Å². The molecule has 0 saturated heterocycles. The third-order valence-corrected chi connectivity index (χ3v) is 2.08. The molecular formula is C8H9BrF2N2O. The quantitative estimate of drug-likeness (QED) is 0.854. The zero-order valence-electron chi connectivity index (χ0n) is 7.43. The topological polar surface area (TPSA) is 48.1 Å². The molecule has 0 unspecified atom stereocenters. The first-order valence-corrected chi connectivity index (χ1v) is 4.61. The van der Waals surface area contributed by atoms with Crippen molar-refractivity contribution in [1.29, 1.82) is 0 Å². The van der Waals surface area contributed by atoms with E-state index in [1.54, 1.807) is 0 Å². The zero-order chi connectivity index (χ0) is 10.7. The molecule has 0 amide bonds. The summed E-state index contributed by atoms with van der Waals surface area (Å²) in [6.07, 6.45) is -2.60. The van der Waals surface area contributed by atoms with Crippen LogP contribution in [-0.2, 0) is 6.54 Å². The third kappa shape index (κ3) is 2.19. The van der Waals surface area contributed by atoms with E-state index < -0.39 is 6.43 Å². The van der Waals surface area contributed by atoms with Crippen LogP contribution in [0.1, 0.15) is 17.7 Å². The zero-order valence-corrected chi connectivity index (χ0v) is 9.01. The van der Waals surface area contributed by atoms with Crippen molar-refractivity contribution < 1.29 is 13.5 Å². The molecule has 1 aromatic rings. The van der Waals surface area contributed by atoms with Crippen molar-refractivity contribution >= 4 is 15.9 Å². The van der Waals surface area contributed by atoms with Gasteiger partial charge in [-0.05, 0) is 22.0 Å². The summed E-state index contributed by atoms with van der Waals surface area (Å²) in [5.74, 6) is 0.0608. The van der Waals surface area contributed by atoms with Crippen molar-refractivity contribution in [2.75, 3.05) is 7.11 Å². The van der Waals surface area contributed by atoms with Crippen molar-refractivity contribution in [2.45, 2.75) is 13.0 Å². The first-order valence-electron chi connectivity index (χ1n) is 3.81. The molecule has 0 bridgehead atoms. The molecule has 1 rings (SSSR count). The van der Waals surface area contributed by atoms with E-state index in [1.165, 1.54) is 13.2 Å². The van der Waals surface area contributed by atoms with Crippen LogP contribution in [0.25, 0.3) is 0 Å². The maximum absolute atomic E-state index is 12.5. The van der Waals surface area contributed by atoms with Crippen LogP contribution in [0.4, 0.5) is 8.78 Å². The first kappa shape index (κ1) is 11.3. The van der Waals surface area contributed by atoms with Crippen molar-refractivity contribution in [3.8, 4) is 5.75 Å². The van der Waals surface area contributed by atoms with Gasteiger partial charge in [0.2, 0.25) is 0 Å². The molecule has 0 atom stereocenters. The summed E-state index contributed by atoms with van der Waals surface area (Å²) in [5, 5.41) is 0. The molecular weight excluding hydrogens is 258 g/mol. The van der Waals surface area contributed by atoms with Gasteiger partial charge in [-0.25, -0.2) is 13.8 Å².